The molecule has 1 fully saturated rings. The smallest absolute Gasteiger partial charge is 0.234 e. The lowest BCUT2D eigenvalue weighted by molar-refractivity contribution is -0.122. The van der Waals surface area contributed by atoms with Crippen LogP contribution in [0.15, 0.2) is 24.3 Å². The monoisotopic (exact) mass is 266 g/mol. The predicted molar refractivity (Wildman–Crippen MR) is 70.0 cm³/mol. The zero-order valence-corrected chi connectivity index (χ0v) is 11.0. The number of nitrogens with zero attached hydrogens (tertiary/aromatic N) is 1. The Bertz CT molecular complexity index is 436. The number of benzene rings is 1. The average Bonchev–Trinajstić information content (AvgIpc) is 2.75. The van der Waals surface area contributed by atoms with Gasteiger partial charge in [-0.05, 0) is 31.0 Å². The second-order valence-corrected chi connectivity index (χ2v) is 5.02. The van der Waals surface area contributed by atoms with Gasteiger partial charge < -0.3 is 10.4 Å². The number of hydrogen-bond donors (Lipinski definition) is 2. The molecule has 19 heavy (non-hydrogen) atoms. The first-order chi connectivity index (χ1) is 9.04. The van der Waals surface area contributed by atoms with Crippen LogP contribution >= 0.6 is 0 Å². The largest absolute Gasteiger partial charge is 0.392 e. The van der Waals surface area contributed by atoms with Gasteiger partial charge in [0.25, 0.3) is 0 Å². The molecule has 0 spiro atoms. The first kappa shape index (κ1) is 14.0. The first-order valence-electron chi connectivity index (χ1n) is 6.50. The Morgan fingerprint density at radius 2 is 2.21 bits per heavy atom. The first-order valence-corrected chi connectivity index (χ1v) is 6.50. The van der Waals surface area contributed by atoms with Crippen LogP contribution in [0.25, 0.3) is 0 Å². The molecule has 0 aromatic heterocycles. The van der Waals surface area contributed by atoms with Crippen molar-refractivity contribution in [2.75, 3.05) is 19.6 Å². The van der Waals surface area contributed by atoms with Gasteiger partial charge in [0.1, 0.15) is 5.82 Å². The molecule has 5 heteroatoms. The van der Waals surface area contributed by atoms with Crippen molar-refractivity contribution in [1.29, 1.82) is 0 Å². The Labute approximate surface area is 112 Å². The van der Waals surface area contributed by atoms with Crippen LogP contribution in [0.1, 0.15) is 24.9 Å². The molecule has 1 aromatic rings. The Hall–Kier alpha value is -1.46. The second-order valence-electron chi connectivity index (χ2n) is 5.02. The molecule has 2 rings (SSSR count). The number of likely N-dealkylation sites (tertiary alicyclic amines) is 1. The lowest BCUT2D eigenvalue weighted by Crippen LogP contribution is -2.37. The highest BCUT2D eigenvalue weighted by Crippen LogP contribution is 2.13. The maximum Gasteiger partial charge on any atom is 0.234 e. The van der Waals surface area contributed by atoms with Crippen molar-refractivity contribution >= 4 is 5.91 Å². The van der Waals surface area contributed by atoms with E-state index in [0.717, 1.165) is 18.5 Å². The van der Waals surface area contributed by atoms with Crippen molar-refractivity contribution in [1.82, 2.24) is 10.2 Å². The number of halogens is 1. The number of amides is 1. The van der Waals surface area contributed by atoms with E-state index in [0.29, 0.717) is 13.1 Å². The molecule has 1 heterocycles. The van der Waals surface area contributed by atoms with Crippen LogP contribution in [0.3, 0.4) is 0 Å². The van der Waals surface area contributed by atoms with Crippen LogP contribution in [0.2, 0.25) is 0 Å². The number of aliphatic hydroxyl groups excluding tert-OH is 1. The SMILES string of the molecule is CC(NC(=O)CN1CC[C@@H](O)C1)c1ccc(F)cc1. The maximum atomic E-state index is 12.8. The number of rotatable bonds is 4. The highest BCUT2D eigenvalue weighted by molar-refractivity contribution is 5.78. The van der Waals surface area contributed by atoms with Crippen molar-refractivity contribution < 1.29 is 14.3 Å². The van der Waals surface area contributed by atoms with Crippen molar-refractivity contribution in [3.8, 4) is 0 Å². The van der Waals surface area contributed by atoms with Gasteiger partial charge in [-0.15, -0.1) is 0 Å². The molecule has 1 aliphatic rings. The summed E-state index contributed by atoms with van der Waals surface area (Å²) in [5, 5.41) is 12.3. The molecular formula is C14H19FN2O2. The van der Waals surface area contributed by atoms with Gasteiger partial charge in [0, 0.05) is 13.1 Å². The van der Waals surface area contributed by atoms with Crippen LogP contribution in [0.4, 0.5) is 4.39 Å². The molecule has 0 saturated carbocycles. The van der Waals surface area contributed by atoms with Crippen molar-refractivity contribution in [3.05, 3.63) is 35.6 Å². The van der Waals surface area contributed by atoms with Gasteiger partial charge in [-0.25, -0.2) is 4.39 Å². The minimum absolute atomic E-state index is 0.0778. The Kier molecular flexibility index (Phi) is 4.50. The molecule has 1 saturated heterocycles. The van der Waals surface area contributed by atoms with E-state index in [1.54, 1.807) is 12.1 Å². The fourth-order valence-corrected chi connectivity index (χ4v) is 2.28. The molecule has 1 aromatic carbocycles. The summed E-state index contributed by atoms with van der Waals surface area (Å²) in [6.07, 6.45) is 0.406. The highest BCUT2D eigenvalue weighted by atomic mass is 19.1. The van der Waals surface area contributed by atoms with Crippen LogP contribution in [-0.4, -0.2) is 41.7 Å². The molecule has 4 nitrogen and oxygen atoms in total. The number of nitrogens with one attached hydrogen (secondary N) is 1. The van der Waals surface area contributed by atoms with Gasteiger partial charge in [-0.2, -0.15) is 0 Å². The third-order valence-electron chi connectivity index (χ3n) is 3.36. The summed E-state index contributed by atoms with van der Waals surface area (Å²) in [4.78, 5) is 13.8. The Morgan fingerprint density at radius 1 is 1.53 bits per heavy atom. The Morgan fingerprint density at radius 3 is 2.79 bits per heavy atom. The van der Waals surface area contributed by atoms with Crippen LogP contribution < -0.4 is 5.32 Å². The van der Waals surface area contributed by atoms with E-state index in [4.69, 9.17) is 0 Å². The van der Waals surface area contributed by atoms with Crippen molar-refractivity contribution in [2.24, 2.45) is 0 Å². The summed E-state index contributed by atoms with van der Waals surface area (Å²) in [7, 11) is 0. The summed E-state index contributed by atoms with van der Waals surface area (Å²) in [5.41, 5.74) is 0.871. The molecule has 104 valence electrons. The topological polar surface area (TPSA) is 52.6 Å². The van der Waals surface area contributed by atoms with Gasteiger partial charge >= 0.3 is 0 Å². The Balaban J connectivity index is 1.83. The summed E-state index contributed by atoms with van der Waals surface area (Å²) in [5.74, 6) is -0.362. The van der Waals surface area contributed by atoms with Crippen LogP contribution in [-0.2, 0) is 4.79 Å². The fourth-order valence-electron chi connectivity index (χ4n) is 2.28. The molecular weight excluding hydrogens is 247 g/mol. The maximum absolute atomic E-state index is 12.8. The number of aliphatic hydroxyl groups is 1. The van der Waals surface area contributed by atoms with E-state index in [2.05, 4.69) is 5.32 Å². The molecule has 2 N–H and O–H groups in total. The highest BCUT2D eigenvalue weighted by Gasteiger charge is 2.22. The van der Waals surface area contributed by atoms with Gasteiger partial charge in [0.15, 0.2) is 0 Å². The standard InChI is InChI=1S/C14H19FN2O2/c1-10(11-2-4-12(15)5-3-11)16-14(19)9-17-7-6-13(18)8-17/h2-5,10,13,18H,6-9H2,1H3,(H,16,19)/t10?,13-/m1/s1. The minimum Gasteiger partial charge on any atom is -0.392 e. The van der Waals surface area contributed by atoms with Crippen LogP contribution in [0.5, 0.6) is 0 Å². The fraction of sp³-hybridized carbons (Fsp3) is 0.500. The lowest BCUT2D eigenvalue weighted by Gasteiger charge is -2.18. The second kappa shape index (κ2) is 6.12. The molecule has 1 amide bonds. The third kappa shape index (κ3) is 4.01. The molecule has 0 radical (unpaired) electrons. The molecule has 1 aliphatic heterocycles. The zero-order chi connectivity index (χ0) is 13.8. The number of carbonyl (C=O) groups is 1. The van der Waals surface area contributed by atoms with Crippen molar-refractivity contribution in [2.45, 2.75) is 25.5 Å². The molecule has 2 atom stereocenters. The number of hydrogen-bond acceptors (Lipinski definition) is 3. The van der Waals surface area contributed by atoms with Crippen LogP contribution in [0, 0.1) is 5.82 Å². The molecule has 0 aliphatic carbocycles. The van der Waals surface area contributed by atoms with E-state index >= 15 is 0 Å². The average molecular weight is 266 g/mol. The number of carbonyl (C=O) groups excluding carboxylic acids is 1. The van der Waals surface area contributed by atoms with E-state index in [1.807, 2.05) is 11.8 Å². The minimum atomic E-state index is -0.317. The van der Waals surface area contributed by atoms with E-state index < -0.39 is 0 Å². The van der Waals surface area contributed by atoms with Gasteiger partial charge in [-0.3, -0.25) is 9.69 Å². The third-order valence-corrected chi connectivity index (χ3v) is 3.36. The van der Waals surface area contributed by atoms with Gasteiger partial charge in [-0.1, -0.05) is 12.1 Å². The molecule has 1 unspecified atom stereocenters. The zero-order valence-electron chi connectivity index (χ0n) is 11.0. The summed E-state index contributed by atoms with van der Waals surface area (Å²) >= 11 is 0. The quantitative estimate of drug-likeness (QED) is 0.857. The van der Waals surface area contributed by atoms with Crippen molar-refractivity contribution in [3.63, 3.8) is 0 Å². The summed E-state index contributed by atoms with van der Waals surface area (Å²) < 4.78 is 12.8. The number of β-amino-alcohol motifs (C(OH)–C–C–N with tert-alkyl or cyclic N) is 1. The lowest BCUT2D eigenvalue weighted by atomic mass is 10.1. The van der Waals surface area contributed by atoms with E-state index in [-0.39, 0.29) is 23.9 Å². The predicted octanol–water partition coefficient (Wildman–Crippen LogP) is 1.07. The van der Waals surface area contributed by atoms with E-state index in [1.165, 1.54) is 12.1 Å². The normalized spacial score (nSPS) is 21.3. The molecule has 0 bridgehead atoms. The van der Waals surface area contributed by atoms with Gasteiger partial charge in [0.05, 0.1) is 18.7 Å². The van der Waals surface area contributed by atoms with E-state index in [9.17, 15) is 14.3 Å². The summed E-state index contributed by atoms with van der Waals surface area (Å²) in [6.45, 7) is 3.46. The van der Waals surface area contributed by atoms with Gasteiger partial charge in [0.2, 0.25) is 5.91 Å². The summed E-state index contributed by atoms with van der Waals surface area (Å²) in [6, 6.07) is 5.95.